The van der Waals surface area contributed by atoms with Gasteiger partial charge in [0, 0.05) is 0 Å². The van der Waals surface area contributed by atoms with Crippen molar-refractivity contribution in [3.63, 3.8) is 0 Å². The molecule has 0 heterocycles. The van der Waals surface area contributed by atoms with Crippen LogP contribution in [0.1, 0.15) is 19.3 Å². The molecule has 0 saturated heterocycles. The third-order valence-corrected chi connectivity index (χ3v) is 2.50. The fourth-order valence-electron chi connectivity index (χ4n) is 1.09. The predicted octanol–water partition coefficient (Wildman–Crippen LogP) is 2.45. The third kappa shape index (κ3) is 1.79. The Labute approximate surface area is 72.2 Å². The fraction of sp³-hybridized carbons (Fsp3) is 0.714. The minimum atomic E-state index is -3.21. The molecule has 0 radical (unpaired) electrons. The lowest BCUT2D eigenvalue weighted by Gasteiger charge is -2.31. The minimum absolute atomic E-state index is 0.113. The van der Waals surface area contributed by atoms with E-state index in [0.717, 1.165) is 6.42 Å². The lowest BCUT2D eigenvalue weighted by atomic mass is 9.92. The molecule has 1 aliphatic rings. The van der Waals surface area contributed by atoms with Crippen molar-refractivity contribution in [2.75, 3.05) is 0 Å². The van der Waals surface area contributed by atoms with Crippen molar-refractivity contribution in [1.82, 2.24) is 0 Å². The van der Waals surface area contributed by atoms with Crippen molar-refractivity contribution in [1.29, 1.82) is 0 Å². The first-order valence-electron chi connectivity index (χ1n) is 3.42. The maximum Gasteiger partial charge on any atom is 0.332 e. The topological polar surface area (TPSA) is 20.2 Å². The van der Waals surface area contributed by atoms with Gasteiger partial charge in [0.2, 0.25) is 0 Å². The largest absolute Gasteiger partial charge is 0.378 e. The van der Waals surface area contributed by atoms with Crippen LogP contribution in [0.5, 0.6) is 0 Å². The summed E-state index contributed by atoms with van der Waals surface area (Å²) in [5.41, 5.74) is -1.98. The van der Waals surface area contributed by atoms with Crippen LogP contribution in [-0.2, 0) is 0 Å². The van der Waals surface area contributed by atoms with E-state index in [1.54, 1.807) is 6.08 Å². The van der Waals surface area contributed by atoms with Crippen LogP contribution in [0.15, 0.2) is 12.2 Å². The molecular formula is C7H9BrF2O. The van der Waals surface area contributed by atoms with Crippen molar-refractivity contribution in [2.24, 2.45) is 0 Å². The second-order valence-corrected chi connectivity index (χ2v) is 3.71. The molecule has 0 aromatic rings. The molecule has 0 bridgehead atoms. The van der Waals surface area contributed by atoms with Gasteiger partial charge in [-0.3, -0.25) is 0 Å². The zero-order chi connectivity index (χ0) is 8.54. The Morgan fingerprint density at radius 1 is 1.55 bits per heavy atom. The van der Waals surface area contributed by atoms with Gasteiger partial charge in [0.05, 0.1) is 0 Å². The maximum atomic E-state index is 12.6. The summed E-state index contributed by atoms with van der Waals surface area (Å²) in [7, 11) is 0. The first kappa shape index (κ1) is 9.13. The number of halogens is 3. The van der Waals surface area contributed by atoms with Gasteiger partial charge in [0.15, 0.2) is 5.60 Å². The SMILES string of the molecule is OC1(C(F)(F)Br)C=CCCC1. The normalized spacial score (nSPS) is 32.4. The van der Waals surface area contributed by atoms with E-state index in [1.807, 2.05) is 0 Å². The molecule has 1 unspecified atom stereocenters. The van der Waals surface area contributed by atoms with Crippen LogP contribution in [-0.4, -0.2) is 15.5 Å². The first-order chi connectivity index (χ1) is 4.96. The summed E-state index contributed by atoms with van der Waals surface area (Å²) in [5, 5.41) is 9.32. The van der Waals surface area contributed by atoms with E-state index in [0.29, 0.717) is 6.42 Å². The molecule has 0 aromatic heterocycles. The Morgan fingerprint density at radius 3 is 2.45 bits per heavy atom. The highest BCUT2D eigenvalue weighted by atomic mass is 79.9. The van der Waals surface area contributed by atoms with E-state index in [1.165, 1.54) is 6.08 Å². The lowest BCUT2D eigenvalue weighted by Crippen LogP contribution is -2.42. The van der Waals surface area contributed by atoms with E-state index in [9.17, 15) is 13.9 Å². The number of alkyl halides is 3. The fourth-order valence-corrected chi connectivity index (χ4v) is 1.42. The van der Waals surface area contributed by atoms with Crippen molar-refractivity contribution in [3.05, 3.63) is 12.2 Å². The smallest absolute Gasteiger partial charge is 0.332 e. The number of rotatable bonds is 1. The summed E-state index contributed by atoms with van der Waals surface area (Å²) in [5.74, 6) is 0. The van der Waals surface area contributed by atoms with Crippen LogP contribution in [0.4, 0.5) is 8.78 Å². The van der Waals surface area contributed by atoms with E-state index in [-0.39, 0.29) is 6.42 Å². The summed E-state index contributed by atoms with van der Waals surface area (Å²) in [6, 6.07) is 0. The zero-order valence-corrected chi connectivity index (χ0v) is 7.44. The highest BCUT2D eigenvalue weighted by molar-refractivity contribution is 9.10. The van der Waals surface area contributed by atoms with Gasteiger partial charge in [-0.25, -0.2) is 0 Å². The van der Waals surface area contributed by atoms with Gasteiger partial charge in [-0.1, -0.05) is 12.2 Å². The highest BCUT2D eigenvalue weighted by Gasteiger charge is 2.48. The quantitative estimate of drug-likeness (QED) is 0.538. The van der Waals surface area contributed by atoms with Crippen LogP contribution >= 0.6 is 15.9 Å². The average molecular weight is 227 g/mol. The van der Waals surface area contributed by atoms with Crippen LogP contribution < -0.4 is 0 Å². The van der Waals surface area contributed by atoms with E-state index in [2.05, 4.69) is 15.9 Å². The molecule has 1 nitrogen and oxygen atoms in total. The maximum absolute atomic E-state index is 12.6. The standard InChI is InChI=1S/C7H9BrF2O/c8-7(9,10)6(11)4-2-1-3-5-6/h2,4,11H,1,3,5H2. The minimum Gasteiger partial charge on any atom is -0.378 e. The van der Waals surface area contributed by atoms with Crippen molar-refractivity contribution < 1.29 is 13.9 Å². The van der Waals surface area contributed by atoms with Gasteiger partial charge in [-0.2, -0.15) is 8.78 Å². The van der Waals surface area contributed by atoms with Gasteiger partial charge >= 0.3 is 4.83 Å². The molecule has 0 aromatic carbocycles. The van der Waals surface area contributed by atoms with Gasteiger partial charge in [0.25, 0.3) is 0 Å². The van der Waals surface area contributed by atoms with Gasteiger partial charge in [-0.05, 0) is 35.2 Å². The summed E-state index contributed by atoms with van der Waals surface area (Å²) in [6.45, 7) is 0. The molecule has 64 valence electrons. The molecule has 0 spiro atoms. The monoisotopic (exact) mass is 226 g/mol. The molecule has 0 fully saturated rings. The third-order valence-electron chi connectivity index (χ3n) is 1.81. The molecule has 11 heavy (non-hydrogen) atoms. The zero-order valence-electron chi connectivity index (χ0n) is 5.86. The predicted molar refractivity (Wildman–Crippen MR) is 41.8 cm³/mol. The molecule has 4 heteroatoms. The number of hydrogen-bond donors (Lipinski definition) is 1. The number of aliphatic hydroxyl groups is 1. The Kier molecular flexibility index (Phi) is 2.35. The second-order valence-electron chi connectivity index (χ2n) is 2.72. The molecule has 0 amide bonds. The Hall–Kier alpha value is 0.0400. The Bertz CT molecular complexity index is 176. The lowest BCUT2D eigenvalue weighted by molar-refractivity contribution is -0.0901. The molecule has 0 aliphatic heterocycles. The Morgan fingerprint density at radius 2 is 2.18 bits per heavy atom. The summed E-state index contributed by atoms with van der Waals surface area (Å²) < 4.78 is 25.2. The number of allylic oxidation sites excluding steroid dienone is 1. The summed E-state index contributed by atoms with van der Waals surface area (Å²) in [6.07, 6.45) is 4.24. The second kappa shape index (κ2) is 2.83. The first-order valence-corrected chi connectivity index (χ1v) is 4.22. The van der Waals surface area contributed by atoms with Crippen LogP contribution in [0.3, 0.4) is 0 Å². The van der Waals surface area contributed by atoms with Crippen LogP contribution in [0.2, 0.25) is 0 Å². The molecule has 1 aliphatic carbocycles. The summed E-state index contributed by atoms with van der Waals surface area (Å²) in [4.78, 5) is -3.21. The van der Waals surface area contributed by atoms with Crippen molar-refractivity contribution >= 4 is 15.9 Å². The van der Waals surface area contributed by atoms with Gasteiger partial charge in [0.1, 0.15) is 0 Å². The van der Waals surface area contributed by atoms with Crippen molar-refractivity contribution in [2.45, 2.75) is 29.7 Å². The number of hydrogen-bond acceptors (Lipinski definition) is 1. The molecule has 1 N–H and O–H groups in total. The summed E-state index contributed by atoms with van der Waals surface area (Å²) >= 11 is 2.16. The highest BCUT2D eigenvalue weighted by Crippen LogP contribution is 2.41. The van der Waals surface area contributed by atoms with E-state index in [4.69, 9.17) is 0 Å². The molecule has 0 saturated carbocycles. The van der Waals surface area contributed by atoms with E-state index >= 15 is 0 Å². The average Bonchev–Trinajstić information content (AvgIpc) is 1.87. The molecule has 1 rings (SSSR count). The van der Waals surface area contributed by atoms with Gasteiger partial charge < -0.3 is 5.11 Å². The van der Waals surface area contributed by atoms with Crippen molar-refractivity contribution in [3.8, 4) is 0 Å². The van der Waals surface area contributed by atoms with Crippen LogP contribution in [0.25, 0.3) is 0 Å². The van der Waals surface area contributed by atoms with Gasteiger partial charge in [-0.15, -0.1) is 0 Å². The molecular weight excluding hydrogens is 218 g/mol. The van der Waals surface area contributed by atoms with E-state index < -0.39 is 10.4 Å². The molecule has 1 atom stereocenters. The van der Waals surface area contributed by atoms with Crippen LogP contribution in [0, 0.1) is 0 Å². The Balaban J connectivity index is 2.80.